The van der Waals surface area contributed by atoms with Crippen LogP contribution in [0.25, 0.3) is 0 Å². The summed E-state index contributed by atoms with van der Waals surface area (Å²) in [5, 5.41) is 0. The maximum Gasteiger partial charge on any atom is 0.367 e. The maximum atomic E-state index is 10.5. The Labute approximate surface area is 93.6 Å². The molecule has 0 aliphatic carbocycles. The van der Waals surface area contributed by atoms with Crippen LogP contribution in [0.1, 0.15) is 13.8 Å². The molecule has 0 aliphatic heterocycles. The van der Waals surface area contributed by atoms with Crippen LogP contribution in [0.2, 0.25) is 0 Å². The molecular formula is C5H6Cl3IO2. The molecule has 0 saturated heterocycles. The normalized spacial score (nSPS) is 12.9. The molecule has 0 bridgehead atoms. The van der Waals surface area contributed by atoms with Crippen LogP contribution in [-0.2, 0) is 4.74 Å². The van der Waals surface area contributed by atoms with Gasteiger partial charge < -0.3 is 4.74 Å². The van der Waals surface area contributed by atoms with Crippen LogP contribution in [0.3, 0.4) is 0 Å². The summed E-state index contributed by atoms with van der Waals surface area (Å²) in [5.74, 6) is 0. The molecule has 0 amide bonds. The predicted molar refractivity (Wildman–Crippen MR) is 54.9 cm³/mol. The smallest absolute Gasteiger partial charge is 0.367 e. The molecule has 6 heteroatoms. The van der Waals surface area contributed by atoms with Gasteiger partial charge in [0.2, 0.25) is 3.79 Å². The minimum Gasteiger partial charge on any atom is -0.448 e. The highest BCUT2D eigenvalue weighted by molar-refractivity contribution is 14.1. The molecule has 0 rings (SSSR count). The minimum atomic E-state index is -1.60. The number of alkyl halides is 3. The summed E-state index contributed by atoms with van der Waals surface area (Å²) < 4.78 is 2.65. The summed E-state index contributed by atoms with van der Waals surface area (Å²) in [6.07, 6.45) is 0. The Balaban J connectivity index is 4.34. The Hall–Kier alpha value is 1.07. The zero-order valence-corrected chi connectivity index (χ0v) is 10.3. The molecule has 0 heterocycles. The van der Waals surface area contributed by atoms with Gasteiger partial charge in [0.15, 0.2) is 5.60 Å². The van der Waals surface area contributed by atoms with Crippen molar-refractivity contribution in [3.63, 3.8) is 0 Å². The van der Waals surface area contributed by atoms with Crippen molar-refractivity contribution in [3.05, 3.63) is 0 Å². The van der Waals surface area contributed by atoms with Gasteiger partial charge in [0.05, 0.1) is 22.6 Å². The molecule has 0 atom stereocenters. The molecule has 2 nitrogen and oxygen atoms in total. The zero-order chi connectivity index (χ0) is 9.28. The summed E-state index contributed by atoms with van der Waals surface area (Å²) in [6.45, 7) is 3.05. The molecule has 11 heavy (non-hydrogen) atoms. The lowest BCUT2D eigenvalue weighted by molar-refractivity contribution is 0.0643. The van der Waals surface area contributed by atoms with Gasteiger partial charge in [0, 0.05) is 0 Å². The van der Waals surface area contributed by atoms with E-state index < -0.39 is 13.4 Å². The lowest BCUT2D eigenvalue weighted by Gasteiger charge is -2.30. The molecule has 0 unspecified atom stereocenters. The van der Waals surface area contributed by atoms with Crippen molar-refractivity contribution in [3.8, 4) is 0 Å². The molecule has 0 saturated carbocycles. The second kappa shape index (κ2) is 3.85. The zero-order valence-electron chi connectivity index (χ0n) is 5.83. The van der Waals surface area contributed by atoms with Crippen molar-refractivity contribution in [1.82, 2.24) is 0 Å². The van der Waals surface area contributed by atoms with Crippen LogP contribution < -0.4 is 0 Å². The molecule has 0 aromatic rings. The number of hydrogen-bond acceptors (Lipinski definition) is 2. The standard InChI is InChI=1S/C5H6Cl3IO2/c1-4(2,5(6,7)8)11-3(9)10/h1-2H3. The fourth-order valence-electron chi connectivity index (χ4n) is 0.258. The third-order valence-electron chi connectivity index (χ3n) is 1.02. The third-order valence-corrected chi connectivity index (χ3v) is 2.60. The summed E-state index contributed by atoms with van der Waals surface area (Å²) in [6, 6.07) is 0. The van der Waals surface area contributed by atoms with Gasteiger partial charge in [-0.2, -0.15) is 0 Å². The summed E-state index contributed by atoms with van der Waals surface area (Å²) in [7, 11) is 0. The van der Waals surface area contributed by atoms with Crippen LogP contribution >= 0.6 is 57.4 Å². The Kier molecular flexibility index (Phi) is 4.23. The summed E-state index contributed by atoms with van der Waals surface area (Å²) >= 11 is 18.0. The quantitative estimate of drug-likeness (QED) is 0.416. The molecule has 0 aromatic carbocycles. The molecule has 0 aromatic heterocycles. The first-order valence-electron chi connectivity index (χ1n) is 2.62. The number of rotatable bonds is 1. The lowest BCUT2D eigenvalue weighted by atomic mass is 10.2. The SMILES string of the molecule is CC(C)(OC(=O)I)C(Cl)(Cl)Cl. The Morgan fingerprint density at radius 2 is 1.73 bits per heavy atom. The maximum absolute atomic E-state index is 10.5. The van der Waals surface area contributed by atoms with E-state index >= 15 is 0 Å². The molecular weight excluding hydrogens is 325 g/mol. The van der Waals surface area contributed by atoms with Crippen molar-refractivity contribution in [2.24, 2.45) is 0 Å². The highest BCUT2D eigenvalue weighted by atomic mass is 127. The highest BCUT2D eigenvalue weighted by Gasteiger charge is 2.43. The van der Waals surface area contributed by atoms with Crippen LogP contribution in [0.5, 0.6) is 0 Å². The Bertz CT molecular complexity index is 164. The van der Waals surface area contributed by atoms with E-state index in [4.69, 9.17) is 39.5 Å². The van der Waals surface area contributed by atoms with Crippen LogP contribution in [0, 0.1) is 0 Å². The average Bonchev–Trinajstić information content (AvgIpc) is 1.56. The van der Waals surface area contributed by atoms with Gasteiger partial charge in [0.1, 0.15) is 0 Å². The topological polar surface area (TPSA) is 26.3 Å². The number of hydrogen-bond donors (Lipinski definition) is 0. The second-order valence-electron chi connectivity index (χ2n) is 2.35. The monoisotopic (exact) mass is 330 g/mol. The van der Waals surface area contributed by atoms with Crippen molar-refractivity contribution in [2.75, 3.05) is 0 Å². The second-order valence-corrected chi connectivity index (χ2v) is 5.51. The lowest BCUT2D eigenvalue weighted by Crippen LogP contribution is -2.39. The van der Waals surface area contributed by atoms with Crippen LogP contribution in [0.15, 0.2) is 0 Å². The number of ether oxygens (including phenoxy) is 1. The minimum absolute atomic E-state index is 0.501. The van der Waals surface area contributed by atoms with Crippen LogP contribution in [-0.4, -0.2) is 13.4 Å². The number of carbonyl (C=O) groups excluding carboxylic acids is 1. The van der Waals surface area contributed by atoms with E-state index in [1.807, 2.05) is 0 Å². The number of halogens is 4. The first kappa shape index (κ1) is 12.1. The van der Waals surface area contributed by atoms with Gasteiger partial charge in [-0.15, -0.1) is 0 Å². The van der Waals surface area contributed by atoms with E-state index in [-0.39, 0.29) is 0 Å². The first-order valence-corrected chi connectivity index (χ1v) is 4.83. The van der Waals surface area contributed by atoms with E-state index in [0.29, 0.717) is 0 Å². The van der Waals surface area contributed by atoms with Gasteiger partial charge in [-0.3, -0.25) is 0 Å². The van der Waals surface area contributed by atoms with E-state index in [1.54, 1.807) is 0 Å². The molecule has 0 aliphatic rings. The van der Waals surface area contributed by atoms with Gasteiger partial charge in [0.25, 0.3) is 0 Å². The fourth-order valence-corrected chi connectivity index (χ4v) is 0.925. The third kappa shape index (κ3) is 4.01. The molecule has 0 fully saturated rings. The number of carbonyl (C=O) groups is 1. The molecule has 0 N–H and O–H groups in total. The van der Waals surface area contributed by atoms with E-state index in [2.05, 4.69) is 0 Å². The van der Waals surface area contributed by atoms with Crippen molar-refractivity contribution in [2.45, 2.75) is 23.2 Å². The average molecular weight is 331 g/mol. The molecule has 0 spiro atoms. The summed E-state index contributed by atoms with van der Waals surface area (Å²) in [5.41, 5.74) is -1.10. The molecule has 0 radical (unpaired) electrons. The van der Waals surface area contributed by atoms with E-state index in [1.165, 1.54) is 36.4 Å². The fraction of sp³-hybridized carbons (Fsp3) is 0.800. The Morgan fingerprint density at radius 3 is 1.82 bits per heavy atom. The van der Waals surface area contributed by atoms with Crippen LogP contribution in [0.4, 0.5) is 4.79 Å². The van der Waals surface area contributed by atoms with Crippen molar-refractivity contribution >= 4 is 61.4 Å². The Morgan fingerprint density at radius 1 is 1.36 bits per heavy atom. The summed E-state index contributed by atoms with van der Waals surface area (Å²) in [4.78, 5) is 10.5. The van der Waals surface area contributed by atoms with E-state index in [0.717, 1.165) is 0 Å². The van der Waals surface area contributed by atoms with Gasteiger partial charge in [-0.25, -0.2) is 4.79 Å². The van der Waals surface area contributed by atoms with Gasteiger partial charge >= 0.3 is 3.98 Å². The van der Waals surface area contributed by atoms with Gasteiger partial charge in [-0.05, 0) is 13.8 Å². The largest absolute Gasteiger partial charge is 0.448 e. The highest BCUT2D eigenvalue weighted by Crippen LogP contribution is 2.40. The first-order chi connectivity index (χ1) is 4.67. The van der Waals surface area contributed by atoms with Crippen molar-refractivity contribution in [1.29, 1.82) is 0 Å². The van der Waals surface area contributed by atoms with E-state index in [9.17, 15) is 4.79 Å². The van der Waals surface area contributed by atoms with Crippen molar-refractivity contribution < 1.29 is 9.53 Å². The predicted octanol–water partition coefficient (Wildman–Crippen LogP) is 3.71. The van der Waals surface area contributed by atoms with Gasteiger partial charge in [-0.1, -0.05) is 34.8 Å². The molecule has 66 valence electrons.